The van der Waals surface area contributed by atoms with Crippen molar-refractivity contribution in [2.24, 2.45) is 5.41 Å². The maximum atomic E-state index is 12.7. The molecule has 1 aromatic carbocycles. The van der Waals surface area contributed by atoms with Crippen LogP contribution in [0.15, 0.2) is 30.3 Å². The number of para-hydroxylation sites is 1. The molecule has 1 saturated carbocycles. The summed E-state index contributed by atoms with van der Waals surface area (Å²) in [7, 11) is 0. The second-order valence-electron chi connectivity index (χ2n) is 6.70. The smallest absolute Gasteiger partial charge is 0.243 e. The number of rotatable bonds is 5. The molecule has 0 aromatic heterocycles. The van der Waals surface area contributed by atoms with Gasteiger partial charge in [0.1, 0.15) is 17.8 Å². The van der Waals surface area contributed by atoms with Crippen LogP contribution >= 0.6 is 0 Å². The Balaban J connectivity index is 1.42. The van der Waals surface area contributed by atoms with Gasteiger partial charge in [-0.05, 0) is 25.0 Å². The van der Waals surface area contributed by atoms with E-state index in [-0.39, 0.29) is 5.91 Å². The van der Waals surface area contributed by atoms with E-state index in [1.165, 1.54) is 0 Å². The summed E-state index contributed by atoms with van der Waals surface area (Å²) in [4.78, 5) is 16.9. The van der Waals surface area contributed by atoms with Crippen molar-refractivity contribution in [3.05, 3.63) is 30.3 Å². The zero-order valence-corrected chi connectivity index (χ0v) is 14.1. The molecule has 0 radical (unpaired) electrons. The van der Waals surface area contributed by atoms with Crippen LogP contribution in [0.5, 0.6) is 5.75 Å². The molecule has 5 nitrogen and oxygen atoms in total. The Morgan fingerprint density at radius 3 is 2.42 bits per heavy atom. The molecule has 3 rings (SSSR count). The first-order valence-electron chi connectivity index (χ1n) is 8.84. The molecule has 5 heteroatoms. The number of benzene rings is 1. The van der Waals surface area contributed by atoms with Crippen LogP contribution in [0, 0.1) is 16.7 Å². The summed E-state index contributed by atoms with van der Waals surface area (Å²) >= 11 is 0. The number of carbonyl (C=O) groups excluding carboxylic acids is 1. The van der Waals surface area contributed by atoms with E-state index in [4.69, 9.17) is 4.74 Å². The van der Waals surface area contributed by atoms with Crippen LogP contribution in [-0.2, 0) is 4.79 Å². The van der Waals surface area contributed by atoms with E-state index in [0.717, 1.165) is 51.1 Å². The summed E-state index contributed by atoms with van der Waals surface area (Å²) in [6.45, 7) is 4.65. The Hall–Kier alpha value is -2.06. The standard InChI is InChI=1S/C19H25N3O2/c20-16-19(8-4-5-9-19)18(23)22-12-10-21(11-13-22)14-15-24-17-6-2-1-3-7-17/h1-3,6-7H,4-5,8-15H2. The third-order valence-electron chi connectivity index (χ3n) is 5.16. The number of amides is 1. The first-order valence-corrected chi connectivity index (χ1v) is 8.84. The Labute approximate surface area is 143 Å². The molecule has 1 heterocycles. The number of nitriles is 1. The normalized spacial score (nSPS) is 20.5. The Bertz CT molecular complexity index is 582. The Morgan fingerprint density at radius 1 is 1.12 bits per heavy atom. The van der Waals surface area contributed by atoms with Crippen LogP contribution in [0.1, 0.15) is 25.7 Å². The fraction of sp³-hybridized carbons (Fsp3) is 0.579. The van der Waals surface area contributed by atoms with Gasteiger partial charge in [0.2, 0.25) is 5.91 Å². The Kier molecular flexibility index (Phi) is 5.37. The SMILES string of the molecule is N#CC1(C(=O)N2CCN(CCOc3ccccc3)CC2)CCCC1. The van der Waals surface area contributed by atoms with Crippen LogP contribution in [-0.4, -0.2) is 55.0 Å². The first kappa shape index (κ1) is 16.8. The molecule has 2 fully saturated rings. The minimum Gasteiger partial charge on any atom is -0.492 e. The molecule has 0 N–H and O–H groups in total. The van der Waals surface area contributed by atoms with Crippen LogP contribution in [0.25, 0.3) is 0 Å². The third kappa shape index (κ3) is 3.70. The average molecular weight is 327 g/mol. The quantitative estimate of drug-likeness (QED) is 0.833. The molecule has 24 heavy (non-hydrogen) atoms. The molecule has 0 bridgehead atoms. The number of piperazine rings is 1. The minimum absolute atomic E-state index is 0.0580. The summed E-state index contributed by atoms with van der Waals surface area (Å²) in [5, 5.41) is 9.47. The highest BCUT2D eigenvalue weighted by Gasteiger charge is 2.44. The molecule has 0 unspecified atom stereocenters. The van der Waals surface area contributed by atoms with Gasteiger partial charge in [0, 0.05) is 32.7 Å². The van der Waals surface area contributed by atoms with Crippen molar-refractivity contribution < 1.29 is 9.53 Å². The van der Waals surface area contributed by atoms with Crippen LogP contribution in [0.2, 0.25) is 0 Å². The molecule has 1 aliphatic carbocycles. The lowest BCUT2D eigenvalue weighted by Crippen LogP contribution is -2.53. The third-order valence-corrected chi connectivity index (χ3v) is 5.16. The number of hydrogen-bond acceptors (Lipinski definition) is 4. The van der Waals surface area contributed by atoms with Gasteiger partial charge in [-0.2, -0.15) is 5.26 Å². The van der Waals surface area contributed by atoms with Gasteiger partial charge in [-0.15, -0.1) is 0 Å². The van der Waals surface area contributed by atoms with Crippen molar-refractivity contribution >= 4 is 5.91 Å². The summed E-state index contributed by atoms with van der Waals surface area (Å²) in [5.41, 5.74) is -0.738. The maximum Gasteiger partial charge on any atom is 0.243 e. The molecule has 0 spiro atoms. The molecular formula is C19H25N3O2. The van der Waals surface area contributed by atoms with Crippen molar-refractivity contribution in [1.82, 2.24) is 9.80 Å². The Morgan fingerprint density at radius 2 is 1.79 bits per heavy atom. The van der Waals surface area contributed by atoms with Gasteiger partial charge >= 0.3 is 0 Å². The van der Waals surface area contributed by atoms with E-state index in [1.807, 2.05) is 35.2 Å². The van der Waals surface area contributed by atoms with Crippen LogP contribution in [0.4, 0.5) is 0 Å². The van der Waals surface area contributed by atoms with Crippen LogP contribution < -0.4 is 4.74 Å². The predicted octanol–water partition coefficient (Wildman–Crippen LogP) is 2.29. The van der Waals surface area contributed by atoms with Crippen molar-refractivity contribution in [3.8, 4) is 11.8 Å². The lowest BCUT2D eigenvalue weighted by Gasteiger charge is -2.37. The molecule has 1 saturated heterocycles. The maximum absolute atomic E-state index is 12.7. The average Bonchev–Trinajstić information content (AvgIpc) is 3.13. The summed E-state index contributed by atoms with van der Waals surface area (Å²) in [6.07, 6.45) is 3.45. The van der Waals surface area contributed by atoms with E-state index < -0.39 is 5.41 Å². The van der Waals surface area contributed by atoms with Gasteiger partial charge in [0.05, 0.1) is 6.07 Å². The molecular weight excluding hydrogens is 302 g/mol. The number of nitrogens with zero attached hydrogens (tertiary/aromatic N) is 3. The molecule has 0 atom stereocenters. The largest absolute Gasteiger partial charge is 0.492 e. The van der Waals surface area contributed by atoms with Crippen molar-refractivity contribution in [2.75, 3.05) is 39.3 Å². The van der Waals surface area contributed by atoms with E-state index >= 15 is 0 Å². The van der Waals surface area contributed by atoms with E-state index in [2.05, 4.69) is 11.0 Å². The molecule has 1 aromatic rings. The highest BCUT2D eigenvalue weighted by molar-refractivity contribution is 5.86. The van der Waals surface area contributed by atoms with Gasteiger partial charge in [-0.1, -0.05) is 31.0 Å². The fourth-order valence-electron chi connectivity index (χ4n) is 3.64. The zero-order chi connectivity index (χ0) is 16.8. The number of ether oxygens (including phenoxy) is 1. The van der Waals surface area contributed by atoms with Gasteiger partial charge < -0.3 is 9.64 Å². The molecule has 128 valence electrons. The van der Waals surface area contributed by atoms with E-state index in [1.54, 1.807) is 0 Å². The summed E-state index contributed by atoms with van der Waals surface area (Å²) in [6, 6.07) is 12.1. The van der Waals surface area contributed by atoms with Crippen molar-refractivity contribution in [3.63, 3.8) is 0 Å². The van der Waals surface area contributed by atoms with Crippen molar-refractivity contribution in [1.29, 1.82) is 5.26 Å². The second kappa shape index (κ2) is 7.67. The van der Waals surface area contributed by atoms with Crippen molar-refractivity contribution in [2.45, 2.75) is 25.7 Å². The second-order valence-corrected chi connectivity index (χ2v) is 6.70. The molecule has 2 aliphatic rings. The highest BCUT2D eigenvalue weighted by Crippen LogP contribution is 2.39. The number of hydrogen-bond donors (Lipinski definition) is 0. The van der Waals surface area contributed by atoms with Gasteiger partial charge in [0.25, 0.3) is 0 Å². The highest BCUT2D eigenvalue weighted by atomic mass is 16.5. The topological polar surface area (TPSA) is 56.6 Å². The number of carbonyl (C=O) groups is 1. The summed E-state index contributed by atoms with van der Waals surface area (Å²) in [5.74, 6) is 0.950. The summed E-state index contributed by atoms with van der Waals surface area (Å²) < 4.78 is 5.73. The van der Waals surface area contributed by atoms with Gasteiger partial charge in [-0.25, -0.2) is 0 Å². The monoisotopic (exact) mass is 327 g/mol. The van der Waals surface area contributed by atoms with Gasteiger partial charge in [0.15, 0.2) is 0 Å². The predicted molar refractivity (Wildman–Crippen MR) is 91.5 cm³/mol. The van der Waals surface area contributed by atoms with E-state index in [0.29, 0.717) is 19.7 Å². The van der Waals surface area contributed by atoms with Gasteiger partial charge in [-0.3, -0.25) is 9.69 Å². The lowest BCUT2D eigenvalue weighted by molar-refractivity contribution is -0.140. The first-order chi connectivity index (χ1) is 11.7. The molecule has 1 amide bonds. The van der Waals surface area contributed by atoms with Crippen LogP contribution in [0.3, 0.4) is 0 Å². The molecule has 1 aliphatic heterocycles. The zero-order valence-electron chi connectivity index (χ0n) is 14.1. The minimum atomic E-state index is -0.738. The lowest BCUT2D eigenvalue weighted by atomic mass is 9.86. The van der Waals surface area contributed by atoms with E-state index in [9.17, 15) is 10.1 Å². The fourth-order valence-corrected chi connectivity index (χ4v) is 3.64.